The maximum absolute atomic E-state index is 5.83. The Morgan fingerprint density at radius 1 is 1.47 bits per heavy atom. The van der Waals surface area contributed by atoms with Gasteiger partial charge in [-0.3, -0.25) is 4.90 Å². The highest BCUT2D eigenvalue weighted by Gasteiger charge is 2.36. The molecule has 0 aromatic carbocycles. The van der Waals surface area contributed by atoms with E-state index in [4.69, 9.17) is 5.73 Å². The number of nitrogens with two attached hydrogens (primary N) is 1. The molecule has 4 heteroatoms. The van der Waals surface area contributed by atoms with Gasteiger partial charge in [-0.1, -0.05) is 6.92 Å². The Kier molecular flexibility index (Phi) is 3.09. The SMILES string of the molecule is CCCN1CCC[C@@H]2Cc3sc(N)nc3C[C@H]21. The predicted molar refractivity (Wildman–Crippen MR) is 72.3 cm³/mol. The molecule has 0 amide bonds. The van der Waals surface area contributed by atoms with Crippen molar-refractivity contribution in [3.63, 3.8) is 0 Å². The summed E-state index contributed by atoms with van der Waals surface area (Å²) < 4.78 is 0. The molecule has 3 rings (SSSR count). The molecular formula is C13H21N3S. The molecule has 0 saturated carbocycles. The molecule has 0 radical (unpaired) electrons. The maximum Gasteiger partial charge on any atom is 0.180 e. The van der Waals surface area contributed by atoms with E-state index in [0.717, 1.165) is 23.5 Å². The molecule has 2 aliphatic rings. The summed E-state index contributed by atoms with van der Waals surface area (Å²) in [7, 11) is 0. The van der Waals surface area contributed by atoms with E-state index in [1.165, 1.54) is 49.3 Å². The standard InChI is InChI=1S/C13H21N3S/c1-2-5-16-6-3-4-9-7-12-10(8-11(9)16)15-13(14)17-12/h9,11H,2-8H2,1H3,(H2,14,15)/t9-,11-/m1/s1. The first-order chi connectivity index (χ1) is 8.28. The lowest BCUT2D eigenvalue weighted by Gasteiger charge is -2.43. The fraction of sp³-hybridized carbons (Fsp3) is 0.769. The number of fused-ring (bicyclic) bond motifs is 2. The number of likely N-dealkylation sites (tertiary alicyclic amines) is 1. The molecule has 2 N–H and O–H groups in total. The molecule has 3 nitrogen and oxygen atoms in total. The number of thiazole rings is 1. The molecule has 94 valence electrons. The summed E-state index contributed by atoms with van der Waals surface area (Å²) in [5.41, 5.74) is 7.12. The van der Waals surface area contributed by atoms with Gasteiger partial charge in [0.2, 0.25) is 0 Å². The Morgan fingerprint density at radius 2 is 2.35 bits per heavy atom. The lowest BCUT2D eigenvalue weighted by atomic mass is 9.79. The molecule has 2 atom stereocenters. The lowest BCUT2D eigenvalue weighted by molar-refractivity contribution is 0.0854. The Labute approximate surface area is 107 Å². The summed E-state index contributed by atoms with van der Waals surface area (Å²) in [5.74, 6) is 0.850. The number of anilines is 1. The largest absolute Gasteiger partial charge is 0.375 e. The van der Waals surface area contributed by atoms with Crippen molar-refractivity contribution in [1.82, 2.24) is 9.88 Å². The number of aromatic nitrogens is 1. The highest BCUT2D eigenvalue weighted by atomic mass is 32.1. The topological polar surface area (TPSA) is 42.1 Å². The third-order valence-corrected chi connectivity index (χ3v) is 5.14. The van der Waals surface area contributed by atoms with Crippen LogP contribution in [0.3, 0.4) is 0 Å². The summed E-state index contributed by atoms with van der Waals surface area (Å²) in [4.78, 5) is 8.65. The van der Waals surface area contributed by atoms with Crippen molar-refractivity contribution in [3.8, 4) is 0 Å². The number of hydrogen-bond acceptors (Lipinski definition) is 4. The Balaban J connectivity index is 1.83. The van der Waals surface area contributed by atoms with E-state index in [-0.39, 0.29) is 0 Å². The minimum atomic E-state index is 0.734. The first-order valence-electron chi connectivity index (χ1n) is 6.76. The maximum atomic E-state index is 5.83. The van der Waals surface area contributed by atoms with Gasteiger partial charge in [-0.15, -0.1) is 11.3 Å². The van der Waals surface area contributed by atoms with Gasteiger partial charge in [0.15, 0.2) is 5.13 Å². The molecule has 0 bridgehead atoms. The molecule has 0 spiro atoms. The molecular weight excluding hydrogens is 230 g/mol. The number of rotatable bonds is 2. The molecule has 0 unspecified atom stereocenters. The Hall–Kier alpha value is -0.610. The fourth-order valence-corrected chi connectivity index (χ4v) is 4.42. The van der Waals surface area contributed by atoms with Crippen LogP contribution in [0.2, 0.25) is 0 Å². The second kappa shape index (κ2) is 4.58. The summed E-state index contributed by atoms with van der Waals surface area (Å²) in [6.45, 7) is 4.80. The van der Waals surface area contributed by atoms with Gasteiger partial charge in [0.1, 0.15) is 0 Å². The van der Waals surface area contributed by atoms with E-state index in [9.17, 15) is 0 Å². The molecule has 1 fully saturated rings. The van der Waals surface area contributed by atoms with Crippen LogP contribution in [0.4, 0.5) is 5.13 Å². The van der Waals surface area contributed by atoms with Gasteiger partial charge in [0, 0.05) is 17.3 Å². The van der Waals surface area contributed by atoms with Crippen LogP contribution in [0.5, 0.6) is 0 Å². The summed E-state index contributed by atoms with van der Waals surface area (Å²) in [5, 5.41) is 0.760. The predicted octanol–water partition coefficient (Wildman–Crippen LogP) is 2.31. The van der Waals surface area contributed by atoms with Gasteiger partial charge in [-0.2, -0.15) is 0 Å². The van der Waals surface area contributed by atoms with Gasteiger partial charge in [-0.05, 0) is 44.7 Å². The van der Waals surface area contributed by atoms with Gasteiger partial charge in [0.05, 0.1) is 5.69 Å². The van der Waals surface area contributed by atoms with Crippen LogP contribution in [-0.2, 0) is 12.8 Å². The van der Waals surface area contributed by atoms with Crippen LogP contribution in [-0.4, -0.2) is 29.0 Å². The van der Waals surface area contributed by atoms with Gasteiger partial charge in [-0.25, -0.2) is 4.98 Å². The first kappa shape index (κ1) is 11.5. The minimum absolute atomic E-state index is 0.734. The van der Waals surface area contributed by atoms with Crippen molar-refractivity contribution in [2.24, 2.45) is 5.92 Å². The van der Waals surface area contributed by atoms with Crippen molar-refractivity contribution in [1.29, 1.82) is 0 Å². The molecule has 1 saturated heterocycles. The van der Waals surface area contributed by atoms with E-state index >= 15 is 0 Å². The molecule has 1 aromatic heterocycles. The van der Waals surface area contributed by atoms with Crippen LogP contribution in [0.1, 0.15) is 36.8 Å². The zero-order valence-corrected chi connectivity index (χ0v) is 11.3. The van der Waals surface area contributed by atoms with Crippen LogP contribution in [0.15, 0.2) is 0 Å². The highest BCUT2D eigenvalue weighted by molar-refractivity contribution is 7.15. The van der Waals surface area contributed by atoms with Crippen molar-refractivity contribution in [2.45, 2.75) is 45.1 Å². The molecule has 2 heterocycles. The van der Waals surface area contributed by atoms with E-state index in [1.54, 1.807) is 11.3 Å². The molecule has 1 aliphatic heterocycles. The number of hydrogen-bond donors (Lipinski definition) is 1. The smallest absolute Gasteiger partial charge is 0.180 e. The first-order valence-corrected chi connectivity index (χ1v) is 7.57. The lowest BCUT2D eigenvalue weighted by Crippen LogP contribution is -2.49. The second-order valence-electron chi connectivity index (χ2n) is 5.34. The van der Waals surface area contributed by atoms with Crippen molar-refractivity contribution in [2.75, 3.05) is 18.8 Å². The van der Waals surface area contributed by atoms with Crippen LogP contribution >= 0.6 is 11.3 Å². The van der Waals surface area contributed by atoms with E-state index in [1.807, 2.05) is 0 Å². The number of nitrogens with zero attached hydrogens (tertiary/aromatic N) is 2. The Morgan fingerprint density at radius 3 is 3.18 bits per heavy atom. The van der Waals surface area contributed by atoms with E-state index < -0.39 is 0 Å². The average molecular weight is 251 g/mol. The van der Waals surface area contributed by atoms with Crippen LogP contribution < -0.4 is 5.73 Å². The van der Waals surface area contributed by atoms with Gasteiger partial charge >= 0.3 is 0 Å². The molecule has 1 aliphatic carbocycles. The third-order valence-electron chi connectivity index (χ3n) is 4.19. The zero-order valence-electron chi connectivity index (χ0n) is 10.5. The summed E-state index contributed by atoms with van der Waals surface area (Å²) >= 11 is 1.71. The highest BCUT2D eigenvalue weighted by Crippen LogP contribution is 2.37. The summed E-state index contributed by atoms with van der Waals surface area (Å²) in [6, 6.07) is 0.734. The van der Waals surface area contributed by atoms with Crippen molar-refractivity contribution in [3.05, 3.63) is 10.6 Å². The van der Waals surface area contributed by atoms with E-state index in [2.05, 4.69) is 16.8 Å². The quantitative estimate of drug-likeness (QED) is 0.877. The fourth-order valence-electron chi connectivity index (χ4n) is 3.47. The monoisotopic (exact) mass is 251 g/mol. The van der Waals surface area contributed by atoms with Gasteiger partial charge < -0.3 is 5.73 Å². The minimum Gasteiger partial charge on any atom is -0.375 e. The van der Waals surface area contributed by atoms with Crippen LogP contribution in [0.25, 0.3) is 0 Å². The third kappa shape index (κ3) is 2.08. The van der Waals surface area contributed by atoms with E-state index in [0.29, 0.717) is 0 Å². The number of nitrogen functional groups attached to an aromatic ring is 1. The van der Waals surface area contributed by atoms with Gasteiger partial charge in [0.25, 0.3) is 0 Å². The number of piperidine rings is 1. The molecule has 17 heavy (non-hydrogen) atoms. The second-order valence-corrected chi connectivity index (χ2v) is 6.45. The molecule has 1 aromatic rings. The van der Waals surface area contributed by atoms with Crippen molar-refractivity contribution < 1.29 is 0 Å². The Bertz CT molecular complexity index is 399. The zero-order chi connectivity index (χ0) is 11.8. The van der Waals surface area contributed by atoms with Crippen LogP contribution in [0, 0.1) is 5.92 Å². The average Bonchev–Trinajstić information content (AvgIpc) is 2.66. The normalized spacial score (nSPS) is 28.8. The van der Waals surface area contributed by atoms with Crippen molar-refractivity contribution >= 4 is 16.5 Å². The summed E-state index contributed by atoms with van der Waals surface area (Å²) in [6.07, 6.45) is 6.37.